The normalized spacial score (nSPS) is 20.1. The Bertz CT molecular complexity index is 247. The summed E-state index contributed by atoms with van der Waals surface area (Å²) in [4.78, 5) is 14.0. The van der Waals surface area contributed by atoms with Gasteiger partial charge in [0.2, 0.25) is 5.91 Å². The van der Waals surface area contributed by atoms with Crippen LogP contribution in [0.3, 0.4) is 0 Å². The molecular weight excluding hydrogens is 226 g/mol. The average Bonchev–Trinajstić information content (AvgIpc) is 2.35. The van der Waals surface area contributed by atoms with Gasteiger partial charge in [-0.1, -0.05) is 0 Å². The molecule has 1 heterocycles. The molecule has 106 valence electrons. The monoisotopic (exact) mass is 255 g/mol. The van der Waals surface area contributed by atoms with E-state index in [0.29, 0.717) is 12.5 Å². The second-order valence-corrected chi connectivity index (χ2v) is 5.73. The van der Waals surface area contributed by atoms with Gasteiger partial charge in [0.1, 0.15) is 0 Å². The molecule has 0 saturated carbocycles. The number of nitrogens with zero attached hydrogens (tertiary/aromatic N) is 1. The van der Waals surface area contributed by atoms with Crippen molar-refractivity contribution in [3.8, 4) is 0 Å². The number of rotatable bonds is 6. The van der Waals surface area contributed by atoms with Gasteiger partial charge in [0, 0.05) is 25.0 Å². The van der Waals surface area contributed by atoms with Crippen LogP contribution in [-0.2, 0) is 4.79 Å². The number of likely N-dealkylation sites (tertiary alicyclic amines) is 1. The van der Waals surface area contributed by atoms with Crippen molar-refractivity contribution in [2.24, 2.45) is 5.92 Å². The fraction of sp³-hybridized carbons (Fsp3) is 0.929. The van der Waals surface area contributed by atoms with Gasteiger partial charge in [-0.15, -0.1) is 0 Å². The van der Waals surface area contributed by atoms with Gasteiger partial charge in [-0.25, -0.2) is 0 Å². The first-order valence-electron chi connectivity index (χ1n) is 7.22. The Kier molecular flexibility index (Phi) is 6.65. The lowest BCUT2D eigenvalue weighted by Gasteiger charge is -2.34. The van der Waals surface area contributed by atoms with Gasteiger partial charge in [-0.2, -0.15) is 0 Å². The maximum Gasteiger partial charge on any atom is 0.221 e. The number of piperidine rings is 1. The molecular formula is C14H29N3O. The van der Waals surface area contributed by atoms with E-state index < -0.39 is 0 Å². The van der Waals surface area contributed by atoms with Gasteiger partial charge in [-0.05, 0) is 59.7 Å². The van der Waals surface area contributed by atoms with Crippen molar-refractivity contribution in [1.82, 2.24) is 15.5 Å². The minimum absolute atomic E-state index is 0.177. The Balaban J connectivity index is 2.18. The highest BCUT2D eigenvalue weighted by molar-refractivity contribution is 5.76. The molecule has 1 fully saturated rings. The second kappa shape index (κ2) is 7.74. The zero-order valence-electron chi connectivity index (χ0n) is 12.3. The molecule has 1 rings (SSSR count). The second-order valence-electron chi connectivity index (χ2n) is 5.73. The zero-order valence-corrected chi connectivity index (χ0v) is 12.3. The molecule has 0 aromatic heterocycles. The minimum atomic E-state index is 0.177. The number of amides is 1. The number of hydrogen-bond acceptors (Lipinski definition) is 3. The highest BCUT2D eigenvalue weighted by Crippen LogP contribution is 2.20. The molecule has 2 N–H and O–H groups in total. The number of carbonyl (C=O) groups is 1. The van der Waals surface area contributed by atoms with Crippen LogP contribution in [0.15, 0.2) is 0 Å². The summed E-state index contributed by atoms with van der Waals surface area (Å²) < 4.78 is 0. The van der Waals surface area contributed by atoms with Gasteiger partial charge in [0.05, 0.1) is 0 Å². The van der Waals surface area contributed by atoms with Crippen molar-refractivity contribution in [2.45, 2.75) is 52.1 Å². The Morgan fingerprint density at radius 3 is 2.39 bits per heavy atom. The van der Waals surface area contributed by atoms with Gasteiger partial charge in [0.15, 0.2) is 0 Å². The summed E-state index contributed by atoms with van der Waals surface area (Å²) in [5.74, 6) is 0.964. The van der Waals surface area contributed by atoms with E-state index in [9.17, 15) is 4.79 Å². The quantitative estimate of drug-likeness (QED) is 0.750. The van der Waals surface area contributed by atoms with Crippen molar-refractivity contribution in [3.63, 3.8) is 0 Å². The van der Waals surface area contributed by atoms with Crippen molar-refractivity contribution in [1.29, 1.82) is 0 Å². The van der Waals surface area contributed by atoms with Crippen molar-refractivity contribution in [3.05, 3.63) is 0 Å². The van der Waals surface area contributed by atoms with Crippen LogP contribution in [0.1, 0.15) is 40.0 Å². The molecule has 1 saturated heterocycles. The molecule has 0 bridgehead atoms. The Hall–Kier alpha value is -0.610. The summed E-state index contributed by atoms with van der Waals surface area (Å²) in [5.41, 5.74) is 0. The maximum atomic E-state index is 11.6. The van der Waals surface area contributed by atoms with E-state index in [-0.39, 0.29) is 11.9 Å². The predicted molar refractivity (Wildman–Crippen MR) is 75.6 cm³/mol. The van der Waals surface area contributed by atoms with Crippen LogP contribution in [0.5, 0.6) is 0 Å². The first-order chi connectivity index (χ1) is 8.52. The molecule has 0 aliphatic carbocycles. The van der Waals surface area contributed by atoms with Crippen molar-refractivity contribution < 1.29 is 4.79 Å². The Labute approximate surface area is 111 Å². The van der Waals surface area contributed by atoms with E-state index in [0.717, 1.165) is 25.6 Å². The zero-order chi connectivity index (χ0) is 13.5. The van der Waals surface area contributed by atoms with E-state index >= 15 is 0 Å². The van der Waals surface area contributed by atoms with Gasteiger partial charge in [-0.3, -0.25) is 4.79 Å². The third-order valence-electron chi connectivity index (χ3n) is 3.90. The number of nitrogens with one attached hydrogen (secondary N) is 2. The van der Waals surface area contributed by atoms with E-state index in [4.69, 9.17) is 0 Å². The molecule has 1 unspecified atom stereocenters. The van der Waals surface area contributed by atoms with Crippen molar-refractivity contribution >= 4 is 5.91 Å². The van der Waals surface area contributed by atoms with Crippen molar-refractivity contribution in [2.75, 3.05) is 26.7 Å². The third-order valence-corrected chi connectivity index (χ3v) is 3.90. The van der Waals surface area contributed by atoms with Gasteiger partial charge < -0.3 is 15.5 Å². The van der Waals surface area contributed by atoms with Crippen LogP contribution >= 0.6 is 0 Å². The number of hydrogen-bond donors (Lipinski definition) is 2. The van der Waals surface area contributed by atoms with E-state index in [1.165, 1.54) is 12.8 Å². The van der Waals surface area contributed by atoms with Crippen LogP contribution in [-0.4, -0.2) is 49.6 Å². The summed E-state index contributed by atoms with van der Waals surface area (Å²) in [6, 6.07) is 0.858. The smallest absolute Gasteiger partial charge is 0.221 e. The molecule has 1 aliphatic heterocycles. The molecule has 1 amide bonds. The molecule has 0 radical (unpaired) electrons. The van der Waals surface area contributed by atoms with Crippen LogP contribution in [0.4, 0.5) is 0 Å². The highest BCUT2D eigenvalue weighted by atomic mass is 16.1. The lowest BCUT2D eigenvalue weighted by molar-refractivity contribution is -0.122. The maximum absolute atomic E-state index is 11.6. The van der Waals surface area contributed by atoms with Gasteiger partial charge in [0.25, 0.3) is 0 Å². The summed E-state index contributed by atoms with van der Waals surface area (Å²) in [7, 11) is 2.04. The fourth-order valence-electron chi connectivity index (χ4n) is 2.57. The fourth-order valence-corrected chi connectivity index (χ4v) is 2.57. The SMILES string of the molecule is CNC(C)C1CCN(CCC(=O)NC(C)C)CC1. The lowest BCUT2D eigenvalue weighted by atomic mass is 9.90. The molecule has 0 aromatic rings. The van der Waals surface area contributed by atoms with Crippen LogP contribution < -0.4 is 10.6 Å². The van der Waals surface area contributed by atoms with Crippen LogP contribution in [0, 0.1) is 5.92 Å². The van der Waals surface area contributed by atoms with E-state index in [1.807, 2.05) is 20.9 Å². The predicted octanol–water partition coefficient (Wildman–Crippen LogP) is 1.22. The molecule has 0 aromatic carbocycles. The summed E-state index contributed by atoms with van der Waals surface area (Å²) in [6.45, 7) is 9.43. The van der Waals surface area contributed by atoms with E-state index in [2.05, 4.69) is 22.5 Å². The Morgan fingerprint density at radius 1 is 1.28 bits per heavy atom. The summed E-state index contributed by atoms with van der Waals surface area (Å²) in [5, 5.41) is 6.28. The largest absolute Gasteiger partial charge is 0.354 e. The number of carbonyl (C=O) groups excluding carboxylic acids is 1. The molecule has 1 atom stereocenters. The van der Waals surface area contributed by atoms with E-state index in [1.54, 1.807) is 0 Å². The third kappa shape index (κ3) is 5.36. The first kappa shape index (κ1) is 15.4. The molecule has 1 aliphatic rings. The first-order valence-corrected chi connectivity index (χ1v) is 7.22. The average molecular weight is 255 g/mol. The molecule has 18 heavy (non-hydrogen) atoms. The lowest BCUT2D eigenvalue weighted by Crippen LogP contribution is -2.42. The standard InChI is InChI=1S/C14H29N3O/c1-11(2)16-14(18)7-10-17-8-5-13(6-9-17)12(3)15-4/h11-13,15H,5-10H2,1-4H3,(H,16,18). The van der Waals surface area contributed by atoms with Crippen LogP contribution in [0.25, 0.3) is 0 Å². The summed E-state index contributed by atoms with van der Waals surface area (Å²) in [6.07, 6.45) is 3.12. The molecule has 0 spiro atoms. The highest BCUT2D eigenvalue weighted by Gasteiger charge is 2.22. The Morgan fingerprint density at radius 2 is 1.89 bits per heavy atom. The van der Waals surface area contributed by atoms with Gasteiger partial charge >= 0.3 is 0 Å². The van der Waals surface area contributed by atoms with Crippen LogP contribution in [0.2, 0.25) is 0 Å². The minimum Gasteiger partial charge on any atom is -0.354 e. The molecule has 4 nitrogen and oxygen atoms in total. The summed E-state index contributed by atoms with van der Waals surface area (Å²) >= 11 is 0. The topological polar surface area (TPSA) is 44.4 Å². The molecule has 4 heteroatoms.